The van der Waals surface area contributed by atoms with Gasteiger partial charge in [-0.05, 0) is 25.0 Å². The minimum atomic E-state index is -1.59. The Morgan fingerprint density at radius 2 is 2.13 bits per heavy atom. The molecule has 1 N–H and O–H groups in total. The Morgan fingerprint density at radius 3 is 2.67 bits per heavy atom. The van der Waals surface area contributed by atoms with Gasteiger partial charge in [-0.1, -0.05) is 18.2 Å². The highest BCUT2D eigenvalue weighted by Crippen LogP contribution is 2.17. The van der Waals surface area contributed by atoms with Crippen LogP contribution in [0.4, 0.5) is 8.78 Å². The van der Waals surface area contributed by atoms with E-state index in [1.165, 1.54) is 6.07 Å². The molecule has 0 saturated heterocycles. The Kier molecular flexibility index (Phi) is 3.55. The normalized spacial score (nSPS) is 10.9. The van der Waals surface area contributed by atoms with Gasteiger partial charge >= 0.3 is 5.97 Å². The molecular weight excluding hydrogens is 202 g/mol. The van der Waals surface area contributed by atoms with Crippen LogP contribution in [0.5, 0.6) is 0 Å². The van der Waals surface area contributed by atoms with Crippen molar-refractivity contribution in [1.82, 2.24) is 0 Å². The first-order valence-corrected chi connectivity index (χ1v) is 4.39. The zero-order valence-electron chi connectivity index (χ0n) is 8.13. The van der Waals surface area contributed by atoms with Gasteiger partial charge in [-0.3, -0.25) is 0 Å². The van der Waals surface area contributed by atoms with Crippen molar-refractivity contribution in [3.8, 4) is 0 Å². The van der Waals surface area contributed by atoms with E-state index in [0.29, 0.717) is 0 Å². The predicted octanol–water partition coefficient (Wildman–Crippen LogP) is 2.78. The van der Waals surface area contributed by atoms with Crippen molar-refractivity contribution in [2.75, 3.05) is 0 Å². The van der Waals surface area contributed by atoms with Gasteiger partial charge in [-0.25, -0.2) is 13.6 Å². The maximum absolute atomic E-state index is 13.5. The van der Waals surface area contributed by atoms with Crippen LogP contribution >= 0.6 is 0 Å². The number of halogens is 2. The van der Waals surface area contributed by atoms with E-state index in [1.807, 2.05) is 0 Å². The molecule has 1 aromatic rings. The average molecular weight is 212 g/mol. The molecule has 0 amide bonds. The maximum atomic E-state index is 13.5. The van der Waals surface area contributed by atoms with Crippen LogP contribution in [0.15, 0.2) is 24.3 Å². The fourth-order valence-electron chi connectivity index (χ4n) is 1.19. The lowest BCUT2D eigenvalue weighted by Crippen LogP contribution is -2.07. The minimum Gasteiger partial charge on any atom is -0.477 e. The molecular formula is C11H10F2O2. The van der Waals surface area contributed by atoms with Gasteiger partial charge in [0.1, 0.15) is 17.2 Å². The molecule has 0 heterocycles. The van der Waals surface area contributed by atoms with Gasteiger partial charge in [-0.15, -0.1) is 0 Å². The number of carboxylic acids is 1. The van der Waals surface area contributed by atoms with Gasteiger partial charge in [0.25, 0.3) is 0 Å². The van der Waals surface area contributed by atoms with Gasteiger partial charge in [0.15, 0.2) is 0 Å². The topological polar surface area (TPSA) is 37.3 Å². The maximum Gasteiger partial charge on any atom is 0.341 e. The van der Waals surface area contributed by atoms with Crippen LogP contribution in [0.2, 0.25) is 0 Å². The van der Waals surface area contributed by atoms with Crippen LogP contribution in [0.1, 0.15) is 22.8 Å². The number of rotatable bonds is 3. The van der Waals surface area contributed by atoms with Gasteiger partial charge in [0, 0.05) is 0 Å². The van der Waals surface area contributed by atoms with Crippen LogP contribution in [-0.2, 0) is 6.42 Å². The summed E-state index contributed by atoms with van der Waals surface area (Å²) in [5.74, 6) is -3.64. The van der Waals surface area contributed by atoms with Crippen molar-refractivity contribution >= 4 is 5.97 Å². The van der Waals surface area contributed by atoms with Crippen LogP contribution in [0.25, 0.3) is 0 Å². The Labute approximate surface area is 85.9 Å². The van der Waals surface area contributed by atoms with Gasteiger partial charge in [0.05, 0.1) is 0 Å². The number of hydrogen-bond donors (Lipinski definition) is 1. The largest absolute Gasteiger partial charge is 0.477 e. The van der Waals surface area contributed by atoms with Gasteiger partial charge < -0.3 is 5.11 Å². The van der Waals surface area contributed by atoms with Gasteiger partial charge in [0.2, 0.25) is 0 Å². The highest BCUT2D eigenvalue weighted by Gasteiger charge is 2.18. The van der Waals surface area contributed by atoms with E-state index >= 15 is 0 Å². The second-order valence-corrected chi connectivity index (χ2v) is 2.97. The van der Waals surface area contributed by atoms with Crippen LogP contribution in [0, 0.1) is 11.6 Å². The first-order chi connectivity index (χ1) is 7.07. The fraction of sp³-hybridized carbons (Fsp3) is 0.182. The van der Waals surface area contributed by atoms with E-state index in [4.69, 9.17) is 5.11 Å². The second-order valence-electron chi connectivity index (χ2n) is 2.97. The fourth-order valence-corrected chi connectivity index (χ4v) is 1.19. The zero-order valence-corrected chi connectivity index (χ0v) is 8.13. The molecule has 0 aliphatic heterocycles. The van der Waals surface area contributed by atoms with Crippen molar-refractivity contribution < 1.29 is 18.7 Å². The first-order valence-electron chi connectivity index (χ1n) is 4.39. The summed E-state index contributed by atoms with van der Waals surface area (Å²) >= 11 is 0. The summed E-state index contributed by atoms with van der Waals surface area (Å²) in [6.07, 6.45) is 3.63. The monoisotopic (exact) mass is 212 g/mol. The standard InChI is InChI=1S/C11H10F2O2/c1-2-3-4-7-5-6-8(12)9(10(7)13)11(14)15/h2-3,5-6H,4H2,1H3,(H,14,15). The summed E-state index contributed by atoms with van der Waals surface area (Å²) in [5, 5.41) is 8.60. The molecule has 0 bridgehead atoms. The quantitative estimate of drug-likeness (QED) is 0.782. The molecule has 0 aliphatic rings. The lowest BCUT2D eigenvalue weighted by Gasteiger charge is -2.04. The first kappa shape index (κ1) is 11.4. The second kappa shape index (κ2) is 4.68. The summed E-state index contributed by atoms with van der Waals surface area (Å²) in [4.78, 5) is 10.6. The molecule has 0 atom stereocenters. The van der Waals surface area contributed by atoms with Crippen molar-refractivity contribution in [3.63, 3.8) is 0 Å². The molecule has 4 heteroatoms. The third-order valence-electron chi connectivity index (χ3n) is 1.96. The minimum absolute atomic E-state index is 0.173. The highest BCUT2D eigenvalue weighted by molar-refractivity contribution is 5.88. The molecule has 0 radical (unpaired) electrons. The smallest absolute Gasteiger partial charge is 0.341 e. The molecule has 0 saturated carbocycles. The summed E-state index contributed by atoms with van der Waals surface area (Å²) < 4.78 is 26.4. The number of aromatic carboxylic acids is 1. The lowest BCUT2D eigenvalue weighted by molar-refractivity contribution is 0.0686. The number of benzene rings is 1. The Bertz CT molecular complexity index is 411. The van der Waals surface area contributed by atoms with Gasteiger partial charge in [-0.2, -0.15) is 0 Å². The summed E-state index contributed by atoms with van der Waals surface area (Å²) in [6, 6.07) is 2.21. The third-order valence-corrected chi connectivity index (χ3v) is 1.96. The number of hydrogen-bond acceptors (Lipinski definition) is 1. The molecule has 0 fully saturated rings. The number of carbonyl (C=O) groups is 1. The third kappa shape index (κ3) is 2.40. The molecule has 1 aromatic carbocycles. The SMILES string of the molecule is CC=CCc1ccc(F)c(C(=O)O)c1F. The Balaban J connectivity index is 3.22. The molecule has 80 valence electrons. The molecule has 0 aromatic heterocycles. The summed E-state index contributed by atoms with van der Waals surface area (Å²) in [5.41, 5.74) is -0.719. The molecule has 0 aliphatic carbocycles. The van der Waals surface area contributed by atoms with Crippen molar-refractivity contribution in [1.29, 1.82) is 0 Å². The number of carboxylic acid groups (broad SMARTS) is 1. The molecule has 0 spiro atoms. The van der Waals surface area contributed by atoms with Crippen molar-refractivity contribution in [2.45, 2.75) is 13.3 Å². The number of allylic oxidation sites excluding steroid dienone is 2. The van der Waals surface area contributed by atoms with Crippen LogP contribution in [0.3, 0.4) is 0 Å². The van der Waals surface area contributed by atoms with E-state index in [9.17, 15) is 13.6 Å². The van der Waals surface area contributed by atoms with Crippen molar-refractivity contribution in [2.24, 2.45) is 0 Å². The van der Waals surface area contributed by atoms with E-state index < -0.39 is 23.2 Å². The van der Waals surface area contributed by atoms with E-state index in [1.54, 1.807) is 19.1 Å². The summed E-state index contributed by atoms with van der Waals surface area (Å²) in [6.45, 7) is 1.76. The lowest BCUT2D eigenvalue weighted by atomic mass is 10.1. The van der Waals surface area contributed by atoms with E-state index in [0.717, 1.165) is 6.07 Å². The average Bonchev–Trinajstić information content (AvgIpc) is 2.16. The molecule has 15 heavy (non-hydrogen) atoms. The molecule has 2 nitrogen and oxygen atoms in total. The van der Waals surface area contributed by atoms with E-state index in [2.05, 4.69) is 0 Å². The summed E-state index contributed by atoms with van der Waals surface area (Å²) in [7, 11) is 0. The molecule has 0 unspecified atom stereocenters. The Morgan fingerprint density at radius 1 is 1.47 bits per heavy atom. The molecule has 1 rings (SSSR count). The predicted molar refractivity (Wildman–Crippen MR) is 51.8 cm³/mol. The highest BCUT2D eigenvalue weighted by atomic mass is 19.1. The Hall–Kier alpha value is -1.71. The zero-order chi connectivity index (χ0) is 11.4. The van der Waals surface area contributed by atoms with E-state index in [-0.39, 0.29) is 12.0 Å². The van der Waals surface area contributed by atoms with Crippen LogP contribution < -0.4 is 0 Å². The van der Waals surface area contributed by atoms with Crippen LogP contribution in [-0.4, -0.2) is 11.1 Å². The van der Waals surface area contributed by atoms with Crippen molar-refractivity contribution in [3.05, 3.63) is 47.0 Å².